The Labute approximate surface area is 81.2 Å². The van der Waals surface area contributed by atoms with E-state index in [-0.39, 0.29) is 0 Å². The zero-order valence-corrected chi connectivity index (χ0v) is 8.43. The Morgan fingerprint density at radius 2 is 1.54 bits per heavy atom. The van der Waals surface area contributed by atoms with Gasteiger partial charge in [-0.15, -0.1) is 0 Å². The predicted octanol–water partition coefficient (Wildman–Crippen LogP) is 3.64. The average molecular weight is 180 g/mol. The molecule has 74 valence electrons. The number of allylic oxidation sites excluding steroid dienone is 2. The van der Waals surface area contributed by atoms with E-state index in [1.165, 1.54) is 44.9 Å². The Balaban J connectivity index is 2.27. The molecule has 0 N–H and O–H groups in total. The summed E-state index contributed by atoms with van der Waals surface area (Å²) in [6, 6.07) is 0. The molecule has 1 fully saturated rings. The third-order valence-electron chi connectivity index (χ3n) is 2.71. The third kappa shape index (κ3) is 4.87. The molecule has 1 saturated carbocycles. The molecule has 0 unspecified atom stereocenters. The van der Waals surface area contributed by atoms with E-state index in [1.54, 1.807) is 5.57 Å². The number of hydrogen-bond donors (Lipinski definition) is 0. The van der Waals surface area contributed by atoms with Crippen LogP contribution in [0, 0.1) is 0 Å². The molecule has 1 nitrogen and oxygen atoms in total. The minimum atomic E-state index is 0.698. The average Bonchev–Trinajstić information content (AvgIpc) is 2.08. The van der Waals surface area contributed by atoms with Crippen molar-refractivity contribution in [1.29, 1.82) is 0 Å². The van der Waals surface area contributed by atoms with Crippen LogP contribution in [0.25, 0.3) is 0 Å². The highest BCUT2D eigenvalue weighted by Gasteiger charge is 2.02. The fourth-order valence-corrected chi connectivity index (χ4v) is 1.92. The van der Waals surface area contributed by atoms with Gasteiger partial charge >= 0.3 is 0 Å². The van der Waals surface area contributed by atoms with Crippen LogP contribution < -0.4 is 0 Å². The molecule has 0 aromatic heterocycles. The van der Waals surface area contributed by atoms with E-state index in [1.807, 2.05) is 0 Å². The second-order valence-electron chi connectivity index (χ2n) is 3.87. The largest absolute Gasteiger partial charge is 0.303 e. The lowest BCUT2D eigenvalue weighted by molar-refractivity contribution is -0.107. The van der Waals surface area contributed by atoms with Gasteiger partial charge in [-0.05, 0) is 32.1 Å². The summed E-state index contributed by atoms with van der Waals surface area (Å²) in [6.45, 7) is 0. The fourth-order valence-electron chi connectivity index (χ4n) is 1.92. The highest BCUT2D eigenvalue weighted by molar-refractivity contribution is 5.49. The van der Waals surface area contributed by atoms with Crippen LogP contribution in [0.3, 0.4) is 0 Å². The van der Waals surface area contributed by atoms with Gasteiger partial charge in [-0.3, -0.25) is 0 Å². The minimum Gasteiger partial charge on any atom is -0.303 e. The van der Waals surface area contributed by atoms with Crippen molar-refractivity contribution in [2.24, 2.45) is 0 Å². The maximum Gasteiger partial charge on any atom is 0.120 e. The van der Waals surface area contributed by atoms with E-state index < -0.39 is 0 Å². The summed E-state index contributed by atoms with van der Waals surface area (Å²) in [5.41, 5.74) is 1.60. The first-order valence-corrected chi connectivity index (χ1v) is 5.55. The normalized spacial score (nSPS) is 18.9. The molecule has 1 rings (SSSR count). The summed E-state index contributed by atoms with van der Waals surface area (Å²) in [4.78, 5) is 10.1. The standard InChI is InChI=1S/C12H20O/c13-11-7-6-10-12-8-4-2-1-3-5-9-12/h10-11H,1-9H2. The van der Waals surface area contributed by atoms with Crippen LogP contribution >= 0.6 is 0 Å². The highest BCUT2D eigenvalue weighted by atomic mass is 16.1. The molecule has 1 aliphatic carbocycles. The van der Waals surface area contributed by atoms with Gasteiger partial charge in [0.05, 0.1) is 0 Å². The molecule has 0 radical (unpaired) electrons. The van der Waals surface area contributed by atoms with Gasteiger partial charge in [-0.1, -0.05) is 30.9 Å². The van der Waals surface area contributed by atoms with Gasteiger partial charge in [-0.25, -0.2) is 0 Å². The number of carbonyl (C=O) groups is 1. The molecule has 13 heavy (non-hydrogen) atoms. The van der Waals surface area contributed by atoms with E-state index >= 15 is 0 Å². The van der Waals surface area contributed by atoms with Crippen LogP contribution in [-0.4, -0.2) is 6.29 Å². The van der Waals surface area contributed by atoms with Crippen molar-refractivity contribution in [3.63, 3.8) is 0 Å². The number of carbonyl (C=O) groups excluding carboxylic acids is 1. The summed E-state index contributed by atoms with van der Waals surface area (Å²) in [5, 5.41) is 0. The molecular weight excluding hydrogens is 160 g/mol. The molecule has 1 aliphatic rings. The van der Waals surface area contributed by atoms with Gasteiger partial charge in [0.25, 0.3) is 0 Å². The molecule has 0 aliphatic heterocycles. The Morgan fingerprint density at radius 1 is 0.923 bits per heavy atom. The Hall–Kier alpha value is -0.590. The van der Waals surface area contributed by atoms with Crippen molar-refractivity contribution in [2.45, 2.75) is 57.8 Å². The molecule has 0 aromatic carbocycles. The molecule has 0 bridgehead atoms. The summed E-state index contributed by atoms with van der Waals surface area (Å²) in [6.07, 6.45) is 14.4. The lowest BCUT2D eigenvalue weighted by Crippen LogP contribution is -1.92. The Morgan fingerprint density at radius 3 is 2.15 bits per heavy atom. The first-order chi connectivity index (χ1) is 6.43. The summed E-state index contributed by atoms with van der Waals surface area (Å²) < 4.78 is 0. The molecule has 0 heterocycles. The second kappa shape index (κ2) is 6.88. The van der Waals surface area contributed by atoms with Gasteiger partial charge in [0.1, 0.15) is 6.29 Å². The van der Waals surface area contributed by atoms with Crippen molar-refractivity contribution in [3.8, 4) is 0 Å². The van der Waals surface area contributed by atoms with Gasteiger partial charge in [0.2, 0.25) is 0 Å². The van der Waals surface area contributed by atoms with E-state index in [0.29, 0.717) is 6.42 Å². The molecule has 1 heteroatoms. The van der Waals surface area contributed by atoms with E-state index in [9.17, 15) is 4.79 Å². The highest BCUT2D eigenvalue weighted by Crippen LogP contribution is 2.21. The van der Waals surface area contributed by atoms with Crippen molar-refractivity contribution in [2.75, 3.05) is 0 Å². The topological polar surface area (TPSA) is 17.1 Å². The van der Waals surface area contributed by atoms with Crippen molar-refractivity contribution in [3.05, 3.63) is 11.6 Å². The monoisotopic (exact) mass is 180 g/mol. The van der Waals surface area contributed by atoms with Gasteiger partial charge in [-0.2, -0.15) is 0 Å². The number of unbranched alkanes of at least 4 members (excludes halogenated alkanes) is 1. The quantitative estimate of drug-likeness (QED) is 0.368. The lowest BCUT2D eigenvalue weighted by Gasteiger charge is -2.11. The zero-order chi connectivity index (χ0) is 9.36. The zero-order valence-electron chi connectivity index (χ0n) is 8.43. The van der Waals surface area contributed by atoms with Crippen LogP contribution in [0.1, 0.15) is 57.8 Å². The first-order valence-electron chi connectivity index (χ1n) is 5.55. The SMILES string of the molecule is O=CCCC=C1CCCCCCC1. The predicted molar refractivity (Wildman–Crippen MR) is 55.7 cm³/mol. The summed E-state index contributed by atoms with van der Waals surface area (Å²) in [5.74, 6) is 0. The van der Waals surface area contributed by atoms with Crippen molar-refractivity contribution in [1.82, 2.24) is 0 Å². The fraction of sp³-hybridized carbons (Fsp3) is 0.750. The maximum atomic E-state index is 10.1. The van der Waals surface area contributed by atoms with Crippen molar-refractivity contribution >= 4 is 6.29 Å². The molecule has 0 saturated heterocycles. The van der Waals surface area contributed by atoms with Crippen LogP contribution in [-0.2, 0) is 4.79 Å². The van der Waals surface area contributed by atoms with Gasteiger partial charge < -0.3 is 4.79 Å². The van der Waals surface area contributed by atoms with E-state index in [4.69, 9.17) is 0 Å². The lowest BCUT2D eigenvalue weighted by atomic mass is 9.95. The van der Waals surface area contributed by atoms with Gasteiger partial charge in [0, 0.05) is 6.42 Å². The van der Waals surface area contributed by atoms with Crippen LogP contribution in [0.2, 0.25) is 0 Å². The summed E-state index contributed by atoms with van der Waals surface area (Å²) >= 11 is 0. The Kier molecular flexibility index (Phi) is 5.55. The second-order valence-corrected chi connectivity index (χ2v) is 3.87. The maximum absolute atomic E-state index is 10.1. The number of rotatable bonds is 3. The minimum absolute atomic E-state index is 0.698. The molecule has 0 atom stereocenters. The van der Waals surface area contributed by atoms with Crippen LogP contribution in [0.5, 0.6) is 0 Å². The number of aldehydes is 1. The van der Waals surface area contributed by atoms with Crippen molar-refractivity contribution < 1.29 is 4.79 Å². The molecule has 0 spiro atoms. The van der Waals surface area contributed by atoms with Gasteiger partial charge in [0.15, 0.2) is 0 Å². The van der Waals surface area contributed by atoms with E-state index in [2.05, 4.69) is 6.08 Å². The summed E-state index contributed by atoms with van der Waals surface area (Å²) in [7, 11) is 0. The molecule has 0 amide bonds. The van der Waals surface area contributed by atoms with E-state index in [0.717, 1.165) is 12.7 Å². The molecule has 0 aromatic rings. The molecular formula is C12H20O. The smallest absolute Gasteiger partial charge is 0.120 e. The first kappa shape index (κ1) is 10.5. The Bertz CT molecular complexity index is 160. The van der Waals surface area contributed by atoms with Crippen LogP contribution in [0.4, 0.5) is 0 Å². The third-order valence-corrected chi connectivity index (χ3v) is 2.71. The van der Waals surface area contributed by atoms with Crippen LogP contribution in [0.15, 0.2) is 11.6 Å². The number of hydrogen-bond acceptors (Lipinski definition) is 1.